The summed E-state index contributed by atoms with van der Waals surface area (Å²) in [7, 11) is 0. The number of hydrogen-bond donors (Lipinski definition) is 1. The zero-order valence-electron chi connectivity index (χ0n) is 7.32. The van der Waals surface area contributed by atoms with Crippen LogP contribution < -0.4 is 5.32 Å². The molecule has 0 radical (unpaired) electrons. The molecule has 0 fully saturated rings. The summed E-state index contributed by atoms with van der Waals surface area (Å²) in [5.41, 5.74) is 0.110. The van der Waals surface area contributed by atoms with Crippen molar-refractivity contribution < 1.29 is 6.22 Å². The molecule has 0 rings (SSSR count). The van der Waals surface area contributed by atoms with E-state index in [4.69, 9.17) is 0 Å². The predicted molar refractivity (Wildman–Crippen MR) is 44.9 cm³/mol. The van der Waals surface area contributed by atoms with Crippen molar-refractivity contribution in [2.24, 2.45) is 5.41 Å². The maximum absolute atomic E-state index is 10.9. The molecule has 0 aromatic rings. The van der Waals surface area contributed by atoms with E-state index in [2.05, 4.69) is 26.1 Å². The third-order valence-electron chi connectivity index (χ3n) is 1.06. The molecule has 0 aliphatic rings. The second-order valence-corrected chi connectivity index (χ2v) is 3.69. The van der Waals surface area contributed by atoms with Gasteiger partial charge in [-0.3, -0.25) is 4.79 Å². The Balaban J connectivity index is 0. The smallest absolute Gasteiger partial charge is 0.220 e. The molecule has 0 aliphatic heterocycles. The molecule has 0 heterocycles. The third-order valence-corrected chi connectivity index (χ3v) is 1.06. The van der Waals surface area contributed by atoms with Crippen LogP contribution in [0.15, 0.2) is 0 Å². The molecule has 0 saturated heterocycles. The van der Waals surface area contributed by atoms with Gasteiger partial charge in [0.05, 0.1) is 0 Å². The van der Waals surface area contributed by atoms with Gasteiger partial charge in [-0.05, 0) is 12.3 Å². The van der Waals surface area contributed by atoms with Crippen LogP contribution in [0.2, 0.25) is 0 Å². The van der Waals surface area contributed by atoms with Crippen LogP contribution in [-0.2, 0) is 4.79 Å². The monoisotopic (exact) mass is 145 g/mol. The van der Waals surface area contributed by atoms with Crippen molar-refractivity contribution in [3.05, 3.63) is 0 Å². The first-order valence-electron chi connectivity index (χ1n) is 3.72. The Labute approximate surface area is 64.5 Å². The normalized spacial score (nSPS) is 11.2. The van der Waals surface area contributed by atoms with E-state index < -0.39 is 0 Å². The number of carbonyl (C=O) groups is 1. The topological polar surface area (TPSA) is 29.1 Å². The van der Waals surface area contributed by atoms with Gasteiger partial charge in [0, 0.05) is 14.4 Å². The molecule has 0 saturated carbocycles. The zero-order valence-corrected chi connectivity index (χ0v) is 7.32. The Morgan fingerprint density at radius 2 is 2.00 bits per heavy atom. The van der Waals surface area contributed by atoms with E-state index in [9.17, 15) is 4.79 Å². The van der Waals surface area contributed by atoms with Crippen molar-refractivity contribution >= 4 is 5.91 Å². The standard InChI is InChI=1S/C8H17NO.H2/c1-5-9-7(10)6-8(2,3)4;/h5-6H2,1-4H3,(H,9,10);1H. The molecule has 0 atom stereocenters. The van der Waals surface area contributed by atoms with Crippen LogP contribution in [0.4, 0.5) is 0 Å². The molecular formula is C8H19NO. The predicted octanol–water partition coefficient (Wildman–Crippen LogP) is 1.80. The van der Waals surface area contributed by atoms with Crippen LogP contribution in [0.3, 0.4) is 0 Å². The van der Waals surface area contributed by atoms with E-state index >= 15 is 0 Å². The molecule has 0 aromatic carbocycles. The minimum atomic E-state index is 0. The third kappa shape index (κ3) is 5.60. The van der Waals surface area contributed by atoms with Crippen LogP contribution in [0.5, 0.6) is 0 Å². The summed E-state index contributed by atoms with van der Waals surface area (Å²) < 4.78 is 0. The first-order chi connectivity index (χ1) is 4.45. The van der Waals surface area contributed by atoms with Crippen molar-refractivity contribution in [2.75, 3.05) is 6.54 Å². The highest BCUT2D eigenvalue weighted by molar-refractivity contribution is 5.76. The van der Waals surface area contributed by atoms with E-state index in [0.29, 0.717) is 6.42 Å². The van der Waals surface area contributed by atoms with Crippen molar-refractivity contribution in [3.63, 3.8) is 0 Å². The molecule has 2 nitrogen and oxygen atoms in total. The van der Waals surface area contributed by atoms with Crippen LogP contribution in [-0.4, -0.2) is 12.5 Å². The van der Waals surface area contributed by atoms with Gasteiger partial charge in [0.25, 0.3) is 0 Å². The van der Waals surface area contributed by atoms with Gasteiger partial charge in [0.1, 0.15) is 0 Å². The average molecular weight is 145 g/mol. The van der Waals surface area contributed by atoms with Crippen molar-refractivity contribution in [3.8, 4) is 0 Å². The number of amides is 1. The summed E-state index contributed by atoms with van der Waals surface area (Å²) in [6.45, 7) is 8.84. The van der Waals surface area contributed by atoms with Crippen LogP contribution in [0, 0.1) is 5.41 Å². The van der Waals surface area contributed by atoms with Crippen molar-refractivity contribution in [2.45, 2.75) is 34.1 Å². The van der Waals surface area contributed by atoms with E-state index in [-0.39, 0.29) is 12.7 Å². The summed E-state index contributed by atoms with van der Waals surface area (Å²) in [4.78, 5) is 10.9. The summed E-state index contributed by atoms with van der Waals surface area (Å²) in [5.74, 6) is 0.148. The van der Waals surface area contributed by atoms with E-state index in [1.165, 1.54) is 0 Å². The van der Waals surface area contributed by atoms with E-state index in [1.807, 2.05) is 6.92 Å². The fourth-order valence-corrected chi connectivity index (χ4v) is 0.741. The lowest BCUT2D eigenvalue weighted by molar-refractivity contribution is -0.122. The molecule has 0 aromatic heterocycles. The molecule has 2 heteroatoms. The number of hydrogen-bond acceptors (Lipinski definition) is 1. The second-order valence-electron chi connectivity index (χ2n) is 3.69. The first kappa shape index (κ1) is 9.47. The summed E-state index contributed by atoms with van der Waals surface area (Å²) in [5, 5.41) is 2.76. The van der Waals surface area contributed by atoms with Gasteiger partial charge < -0.3 is 5.32 Å². The Kier molecular flexibility index (Phi) is 3.40. The molecule has 62 valence electrons. The van der Waals surface area contributed by atoms with Gasteiger partial charge in [0.15, 0.2) is 0 Å². The highest BCUT2D eigenvalue weighted by atomic mass is 16.1. The highest BCUT2D eigenvalue weighted by Gasteiger charge is 2.14. The second kappa shape index (κ2) is 3.59. The molecule has 1 N–H and O–H groups in total. The lowest BCUT2D eigenvalue weighted by atomic mass is 9.92. The maximum Gasteiger partial charge on any atom is 0.220 e. The van der Waals surface area contributed by atoms with E-state index in [1.54, 1.807) is 0 Å². The Morgan fingerprint density at radius 1 is 1.50 bits per heavy atom. The Bertz CT molecular complexity index is 118. The maximum atomic E-state index is 10.9. The fourth-order valence-electron chi connectivity index (χ4n) is 0.741. The molecule has 10 heavy (non-hydrogen) atoms. The van der Waals surface area contributed by atoms with Gasteiger partial charge >= 0.3 is 0 Å². The average Bonchev–Trinajstić information content (AvgIpc) is 1.59. The first-order valence-corrected chi connectivity index (χ1v) is 3.72. The fraction of sp³-hybridized carbons (Fsp3) is 0.875. The molecule has 0 bridgehead atoms. The quantitative estimate of drug-likeness (QED) is 0.630. The van der Waals surface area contributed by atoms with Crippen LogP contribution in [0.1, 0.15) is 35.5 Å². The molecular weight excluding hydrogens is 126 g/mol. The molecule has 0 aliphatic carbocycles. The Morgan fingerprint density at radius 3 is 2.30 bits per heavy atom. The molecule has 1 amide bonds. The van der Waals surface area contributed by atoms with Crippen molar-refractivity contribution in [1.29, 1.82) is 0 Å². The largest absolute Gasteiger partial charge is 0.356 e. The summed E-state index contributed by atoms with van der Waals surface area (Å²) >= 11 is 0. The van der Waals surface area contributed by atoms with Gasteiger partial charge in [0.2, 0.25) is 5.91 Å². The lowest BCUT2D eigenvalue weighted by Gasteiger charge is -2.16. The van der Waals surface area contributed by atoms with Gasteiger partial charge in [-0.15, -0.1) is 0 Å². The lowest BCUT2D eigenvalue weighted by Crippen LogP contribution is -2.27. The van der Waals surface area contributed by atoms with Gasteiger partial charge in [-0.25, -0.2) is 0 Å². The summed E-state index contributed by atoms with van der Waals surface area (Å²) in [6.07, 6.45) is 0.612. The number of rotatable bonds is 2. The minimum absolute atomic E-state index is 0. The van der Waals surface area contributed by atoms with Crippen LogP contribution >= 0.6 is 0 Å². The summed E-state index contributed by atoms with van der Waals surface area (Å²) in [6, 6.07) is 0. The van der Waals surface area contributed by atoms with Crippen molar-refractivity contribution in [1.82, 2.24) is 5.32 Å². The molecule has 0 spiro atoms. The van der Waals surface area contributed by atoms with E-state index in [0.717, 1.165) is 6.54 Å². The van der Waals surface area contributed by atoms with Crippen LogP contribution in [0.25, 0.3) is 0 Å². The highest BCUT2D eigenvalue weighted by Crippen LogP contribution is 2.17. The molecule has 0 unspecified atom stereocenters. The van der Waals surface area contributed by atoms with Gasteiger partial charge in [-0.2, -0.15) is 0 Å². The Hall–Kier alpha value is -0.530. The SMILES string of the molecule is CCNC(=O)CC(C)(C)C.[HH]. The number of nitrogens with one attached hydrogen (secondary N) is 1. The minimum Gasteiger partial charge on any atom is -0.356 e. The van der Waals surface area contributed by atoms with Gasteiger partial charge in [-0.1, -0.05) is 20.8 Å². The zero-order chi connectivity index (χ0) is 8.20. The number of carbonyl (C=O) groups excluding carboxylic acids is 1.